The van der Waals surface area contributed by atoms with Crippen LogP contribution in [0.4, 0.5) is 5.69 Å². The number of ether oxygens (including phenoxy) is 1. The topological polar surface area (TPSA) is 84.5 Å². The molecule has 0 radical (unpaired) electrons. The first-order chi connectivity index (χ1) is 12.7. The molecule has 2 N–H and O–H groups in total. The Labute approximate surface area is 161 Å². The summed E-state index contributed by atoms with van der Waals surface area (Å²) >= 11 is 0. The van der Waals surface area contributed by atoms with E-state index in [-0.39, 0.29) is 22.9 Å². The largest absolute Gasteiger partial charge is 0.491 e. The molecule has 0 aromatic heterocycles. The smallest absolute Gasteiger partial charge is 0.261 e. The van der Waals surface area contributed by atoms with Gasteiger partial charge in [0.25, 0.3) is 15.9 Å². The standard InChI is InChI=1S/C20H26N2O4S/c1-5-15(4)21-20(23)16-6-12-19(13-7-16)27(24,25)22-17-8-10-18(11-9-17)26-14(2)3/h6-15,22H,5H2,1-4H3,(H,21,23). The van der Waals surface area contributed by atoms with Crippen molar-refractivity contribution >= 4 is 21.6 Å². The summed E-state index contributed by atoms with van der Waals surface area (Å²) in [4.78, 5) is 12.2. The lowest BCUT2D eigenvalue weighted by Gasteiger charge is -2.13. The maximum absolute atomic E-state index is 12.5. The second kappa shape index (κ2) is 8.90. The average molecular weight is 391 g/mol. The minimum atomic E-state index is -3.74. The monoisotopic (exact) mass is 390 g/mol. The Morgan fingerprint density at radius 2 is 1.59 bits per heavy atom. The summed E-state index contributed by atoms with van der Waals surface area (Å²) in [7, 11) is -3.74. The second-order valence-electron chi connectivity index (χ2n) is 6.60. The van der Waals surface area contributed by atoms with Gasteiger partial charge in [0.15, 0.2) is 0 Å². The Morgan fingerprint density at radius 1 is 1.00 bits per heavy atom. The zero-order valence-corrected chi connectivity index (χ0v) is 16.8. The first kappa shape index (κ1) is 20.8. The SMILES string of the molecule is CCC(C)NC(=O)c1ccc(S(=O)(=O)Nc2ccc(OC(C)C)cc2)cc1. The van der Waals surface area contributed by atoms with Crippen LogP contribution < -0.4 is 14.8 Å². The third-order valence-electron chi connectivity index (χ3n) is 3.89. The number of nitrogens with one attached hydrogen (secondary N) is 2. The minimum Gasteiger partial charge on any atom is -0.491 e. The molecule has 1 amide bonds. The molecule has 1 atom stereocenters. The number of rotatable bonds is 8. The van der Waals surface area contributed by atoms with E-state index in [4.69, 9.17) is 4.74 Å². The van der Waals surface area contributed by atoms with E-state index in [0.29, 0.717) is 17.0 Å². The summed E-state index contributed by atoms with van der Waals surface area (Å²) in [5, 5.41) is 2.85. The van der Waals surface area contributed by atoms with Crippen molar-refractivity contribution in [3.63, 3.8) is 0 Å². The molecule has 0 aliphatic heterocycles. The normalized spacial score (nSPS) is 12.5. The van der Waals surface area contributed by atoms with Crippen LogP contribution >= 0.6 is 0 Å². The fourth-order valence-electron chi connectivity index (χ4n) is 2.28. The van der Waals surface area contributed by atoms with Crippen LogP contribution in [0.5, 0.6) is 5.75 Å². The Morgan fingerprint density at radius 3 is 2.11 bits per heavy atom. The average Bonchev–Trinajstić information content (AvgIpc) is 2.62. The molecule has 0 bridgehead atoms. The van der Waals surface area contributed by atoms with Gasteiger partial charge in [-0.2, -0.15) is 0 Å². The number of amides is 1. The van der Waals surface area contributed by atoms with Gasteiger partial charge < -0.3 is 10.1 Å². The molecule has 0 aliphatic rings. The maximum atomic E-state index is 12.5. The number of benzene rings is 2. The van der Waals surface area contributed by atoms with E-state index in [1.807, 2.05) is 27.7 Å². The lowest BCUT2D eigenvalue weighted by Crippen LogP contribution is -2.31. The van der Waals surface area contributed by atoms with Gasteiger partial charge in [-0.3, -0.25) is 9.52 Å². The second-order valence-corrected chi connectivity index (χ2v) is 8.29. The van der Waals surface area contributed by atoms with E-state index < -0.39 is 10.0 Å². The molecule has 2 aromatic rings. The van der Waals surface area contributed by atoms with E-state index in [0.717, 1.165) is 6.42 Å². The maximum Gasteiger partial charge on any atom is 0.261 e. The van der Waals surface area contributed by atoms with Crippen LogP contribution in [0.3, 0.4) is 0 Å². The minimum absolute atomic E-state index is 0.0450. The van der Waals surface area contributed by atoms with Crippen molar-refractivity contribution < 1.29 is 17.9 Å². The fraction of sp³-hybridized carbons (Fsp3) is 0.350. The van der Waals surface area contributed by atoms with Gasteiger partial charge >= 0.3 is 0 Å². The molecule has 0 saturated heterocycles. The van der Waals surface area contributed by atoms with Gasteiger partial charge in [-0.15, -0.1) is 0 Å². The van der Waals surface area contributed by atoms with Crippen LogP contribution in [-0.2, 0) is 10.0 Å². The van der Waals surface area contributed by atoms with E-state index in [9.17, 15) is 13.2 Å². The summed E-state index contributed by atoms with van der Waals surface area (Å²) in [6.45, 7) is 7.73. The number of sulfonamides is 1. The van der Waals surface area contributed by atoms with Gasteiger partial charge in [0.05, 0.1) is 11.0 Å². The molecule has 7 heteroatoms. The molecular weight excluding hydrogens is 364 g/mol. The van der Waals surface area contributed by atoms with E-state index in [1.165, 1.54) is 24.3 Å². The Balaban J connectivity index is 2.09. The summed E-state index contributed by atoms with van der Waals surface area (Å²) in [5.41, 5.74) is 0.856. The first-order valence-corrected chi connectivity index (χ1v) is 10.4. The summed E-state index contributed by atoms with van der Waals surface area (Å²) in [5.74, 6) is 0.451. The summed E-state index contributed by atoms with van der Waals surface area (Å²) in [6, 6.07) is 12.6. The van der Waals surface area contributed by atoms with Gasteiger partial charge in [0, 0.05) is 17.3 Å². The number of hydrogen-bond donors (Lipinski definition) is 2. The summed E-state index contributed by atoms with van der Waals surface area (Å²) in [6.07, 6.45) is 0.868. The predicted octanol–water partition coefficient (Wildman–Crippen LogP) is 3.80. The van der Waals surface area contributed by atoms with Crippen molar-refractivity contribution in [3.05, 3.63) is 54.1 Å². The predicted molar refractivity (Wildman–Crippen MR) is 107 cm³/mol. The molecule has 0 spiro atoms. The Hall–Kier alpha value is -2.54. The Kier molecular flexibility index (Phi) is 6.85. The van der Waals surface area contributed by atoms with Gasteiger partial charge in [-0.25, -0.2) is 8.42 Å². The lowest BCUT2D eigenvalue weighted by molar-refractivity contribution is 0.0939. The van der Waals surface area contributed by atoms with Crippen molar-refractivity contribution in [3.8, 4) is 5.75 Å². The van der Waals surface area contributed by atoms with E-state index in [1.54, 1.807) is 24.3 Å². The van der Waals surface area contributed by atoms with Crippen LogP contribution in [-0.4, -0.2) is 26.5 Å². The fourth-order valence-corrected chi connectivity index (χ4v) is 3.34. The lowest BCUT2D eigenvalue weighted by atomic mass is 10.2. The van der Waals surface area contributed by atoms with Crippen LogP contribution in [0.15, 0.2) is 53.4 Å². The van der Waals surface area contributed by atoms with Gasteiger partial charge in [0.2, 0.25) is 0 Å². The molecule has 2 rings (SSSR count). The van der Waals surface area contributed by atoms with E-state index in [2.05, 4.69) is 10.0 Å². The molecule has 0 saturated carbocycles. The van der Waals surface area contributed by atoms with Gasteiger partial charge in [0.1, 0.15) is 5.75 Å². The highest BCUT2D eigenvalue weighted by atomic mass is 32.2. The zero-order valence-electron chi connectivity index (χ0n) is 16.0. The molecule has 1 unspecified atom stereocenters. The quantitative estimate of drug-likeness (QED) is 0.718. The molecule has 0 heterocycles. The van der Waals surface area contributed by atoms with Crippen molar-refractivity contribution in [2.45, 2.75) is 51.2 Å². The first-order valence-electron chi connectivity index (χ1n) is 8.91. The zero-order chi connectivity index (χ0) is 20.0. The number of hydrogen-bond acceptors (Lipinski definition) is 4. The van der Waals surface area contributed by atoms with Crippen molar-refractivity contribution in [2.24, 2.45) is 0 Å². The molecule has 0 fully saturated rings. The molecule has 27 heavy (non-hydrogen) atoms. The van der Waals surface area contributed by atoms with Gasteiger partial charge in [-0.05, 0) is 75.7 Å². The molecule has 2 aromatic carbocycles. The molecule has 0 aliphatic carbocycles. The van der Waals surface area contributed by atoms with Crippen LogP contribution in [0.1, 0.15) is 44.5 Å². The van der Waals surface area contributed by atoms with Crippen molar-refractivity contribution in [2.75, 3.05) is 4.72 Å². The van der Waals surface area contributed by atoms with Gasteiger partial charge in [-0.1, -0.05) is 6.92 Å². The molecular formula is C20H26N2O4S. The highest BCUT2D eigenvalue weighted by Gasteiger charge is 2.16. The van der Waals surface area contributed by atoms with Crippen molar-refractivity contribution in [1.29, 1.82) is 0 Å². The van der Waals surface area contributed by atoms with Crippen LogP contribution in [0, 0.1) is 0 Å². The summed E-state index contributed by atoms with van der Waals surface area (Å²) < 4.78 is 33.1. The highest BCUT2D eigenvalue weighted by Crippen LogP contribution is 2.20. The van der Waals surface area contributed by atoms with Crippen molar-refractivity contribution in [1.82, 2.24) is 5.32 Å². The highest BCUT2D eigenvalue weighted by molar-refractivity contribution is 7.92. The molecule has 6 nitrogen and oxygen atoms in total. The number of anilines is 1. The number of carbonyl (C=O) groups excluding carboxylic acids is 1. The van der Waals surface area contributed by atoms with E-state index >= 15 is 0 Å². The third-order valence-corrected chi connectivity index (χ3v) is 5.29. The third kappa shape index (κ3) is 5.99. The van der Waals surface area contributed by atoms with Crippen LogP contribution in [0.2, 0.25) is 0 Å². The number of carbonyl (C=O) groups is 1. The van der Waals surface area contributed by atoms with Crippen LogP contribution in [0.25, 0.3) is 0 Å². The molecule has 146 valence electrons. The Bertz CT molecular complexity index is 860.